The van der Waals surface area contributed by atoms with Crippen LogP contribution in [0.2, 0.25) is 0 Å². The summed E-state index contributed by atoms with van der Waals surface area (Å²) in [6.45, 7) is -0.680. The summed E-state index contributed by atoms with van der Waals surface area (Å²) in [7, 11) is 0. The number of aromatic carboxylic acids is 1. The van der Waals surface area contributed by atoms with Gasteiger partial charge in [0.05, 0.1) is 11.1 Å². The molecule has 0 saturated heterocycles. The Bertz CT molecular complexity index is 821. The Morgan fingerprint density at radius 3 is 2.52 bits per heavy atom. The Morgan fingerprint density at radius 2 is 1.84 bits per heavy atom. The number of hydrogen-bond acceptors (Lipinski definition) is 4. The zero-order chi connectivity index (χ0) is 18.4. The van der Waals surface area contributed by atoms with Gasteiger partial charge in [0.2, 0.25) is 0 Å². The van der Waals surface area contributed by atoms with Crippen LogP contribution in [-0.4, -0.2) is 34.7 Å². The molecule has 0 aliphatic rings. The van der Waals surface area contributed by atoms with E-state index in [9.17, 15) is 18.8 Å². The first kappa shape index (κ1) is 17.9. The maximum absolute atomic E-state index is 13.3. The second-order valence-corrected chi connectivity index (χ2v) is 5.01. The second-order valence-electron chi connectivity index (χ2n) is 5.01. The van der Waals surface area contributed by atoms with Crippen molar-refractivity contribution in [2.45, 2.75) is 6.54 Å². The number of carbonyl (C=O) groups is 3. The molecule has 0 aromatic heterocycles. The van der Waals surface area contributed by atoms with Crippen molar-refractivity contribution in [2.75, 3.05) is 6.61 Å². The van der Waals surface area contributed by atoms with Gasteiger partial charge in [0.15, 0.2) is 6.61 Å². The molecule has 2 rings (SSSR count). The zero-order valence-corrected chi connectivity index (χ0v) is 12.9. The van der Waals surface area contributed by atoms with Crippen molar-refractivity contribution in [2.24, 2.45) is 0 Å². The van der Waals surface area contributed by atoms with Crippen molar-refractivity contribution in [3.05, 3.63) is 65.0 Å². The molecule has 0 saturated carbocycles. The highest BCUT2D eigenvalue weighted by atomic mass is 19.1. The van der Waals surface area contributed by atoms with E-state index in [2.05, 4.69) is 5.32 Å². The topological polar surface area (TPSA) is 113 Å². The van der Waals surface area contributed by atoms with Crippen LogP contribution in [0.4, 0.5) is 4.39 Å². The number of ether oxygens (including phenoxy) is 1. The highest BCUT2D eigenvalue weighted by Crippen LogP contribution is 2.20. The highest BCUT2D eigenvalue weighted by Gasteiger charge is 2.15. The van der Waals surface area contributed by atoms with E-state index in [-0.39, 0.29) is 23.4 Å². The molecule has 3 N–H and O–H groups in total. The molecule has 0 radical (unpaired) electrons. The first-order valence-electron chi connectivity index (χ1n) is 7.11. The molecule has 0 unspecified atom stereocenters. The van der Waals surface area contributed by atoms with Gasteiger partial charge in [0.1, 0.15) is 11.6 Å². The van der Waals surface area contributed by atoms with Crippen LogP contribution in [0, 0.1) is 5.82 Å². The molecule has 2 aromatic carbocycles. The molecule has 0 atom stereocenters. The lowest BCUT2D eigenvalue weighted by Crippen LogP contribution is -2.24. The number of hydrogen-bond donors (Lipinski definition) is 3. The minimum atomic E-state index is -1.26. The predicted octanol–water partition coefficient (Wildman–Crippen LogP) is 1.92. The lowest BCUT2D eigenvalue weighted by Gasteiger charge is -2.11. The van der Waals surface area contributed by atoms with Gasteiger partial charge in [-0.15, -0.1) is 0 Å². The molecule has 0 spiro atoms. The van der Waals surface area contributed by atoms with Gasteiger partial charge < -0.3 is 20.3 Å². The van der Waals surface area contributed by atoms with Crippen LogP contribution in [0.1, 0.15) is 26.3 Å². The van der Waals surface area contributed by atoms with Gasteiger partial charge in [0.25, 0.3) is 5.91 Å². The van der Waals surface area contributed by atoms with Crippen molar-refractivity contribution in [3.8, 4) is 5.75 Å². The van der Waals surface area contributed by atoms with E-state index in [1.807, 2.05) is 0 Å². The number of carboxylic acids is 2. The lowest BCUT2D eigenvalue weighted by molar-refractivity contribution is -0.139. The summed E-state index contributed by atoms with van der Waals surface area (Å²) in [5, 5.41) is 20.1. The molecule has 2 aromatic rings. The molecule has 1 amide bonds. The molecule has 130 valence electrons. The largest absolute Gasteiger partial charge is 0.481 e. The number of carboxylic acid groups (broad SMARTS) is 2. The smallest absolute Gasteiger partial charge is 0.341 e. The molecule has 7 nitrogen and oxygen atoms in total. The van der Waals surface area contributed by atoms with Crippen molar-refractivity contribution in [3.63, 3.8) is 0 Å². The standard InChI is InChI=1S/C17H14FNO6/c18-12-4-5-13(14(7-12)25-9-15(20)21)16(22)19-8-10-2-1-3-11(6-10)17(23)24/h1-7H,8-9H2,(H,19,22)(H,20,21)(H,23,24). The minimum Gasteiger partial charge on any atom is -0.481 e. The Morgan fingerprint density at radius 1 is 1.08 bits per heavy atom. The quantitative estimate of drug-likeness (QED) is 0.705. The monoisotopic (exact) mass is 347 g/mol. The first-order chi connectivity index (χ1) is 11.9. The van der Waals surface area contributed by atoms with Gasteiger partial charge in [0, 0.05) is 12.6 Å². The van der Waals surface area contributed by atoms with Crippen LogP contribution in [0.15, 0.2) is 42.5 Å². The van der Waals surface area contributed by atoms with Crippen LogP contribution < -0.4 is 10.1 Å². The van der Waals surface area contributed by atoms with E-state index in [0.717, 1.165) is 12.1 Å². The van der Waals surface area contributed by atoms with Gasteiger partial charge in [-0.1, -0.05) is 12.1 Å². The highest BCUT2D eigenvalue weighted by molar-refractivity contribution is 5.97. The molecule has 0 bridgehead atoms. The zero-order valence-electron chi connectivity index (χ0n) is 12.9. The number of benzene rings is 2. The third-order valence-electron chi connectivity index (χ3n) is 3.17. The number of rotatable bonds is 7. The minimum absolute atomic E-state index is 0.0305. The summed E-state index contributed by atoms with van der Waals surface area (Å²) in [5.74, 6) is -3.83. The van der Waals surface area contributed by atoms with Crippen LogP contribution in [-0.2, 0) is 11.3 Å². The molecule has 0 fully saturated rings. The SMILES string of the molecule is O=C(O)COc1cc(F)ccc1C(=O)NCc1cccc(C(=O)O)c1. The third-order valence-corrected chi connectivity index (χ3v) is 3.17. The fourth-order valence-electron chi connectivity index (χ4n) is 2.03. The van der Waals surface area contributed by atoms with Gasteiger partial charge in [-0.2, -0.15) is 0 Å². The molecule has 25 heavy (non-hydrogen) atoms. The fourth-order valence-corrected chi connectivity index (χ4v) is 2.03. The maximum Gasteiger partial charge on any atom is 0.341 e. The van der Waals surface area contributed by atoms with Gasteiger partial charge in [-0.25, -0.2) is 14.0 Å². The summed E-state index contributed by atoms with van der Waals surface area (Å²) >= 11 is 0. The van der Waals surface area contributed by atoms with Crippen molar-refractivity contribution >= 4 is 17.8 Å². The van der Waals surface area contributed by atoms with Crippen LogP contribution in [0.3, 0.4) is 0 Å². The van der Waals surface area contributed by atoms with Crippen molar-refractivity contribution in [1.29, 1.82) is 0 Å². The molecular weight excluding hydrogens is 333 g/mol. The normalized spacial score (nSPS) is 10.1. The van der Waals surface area contributed by atoms with E-state index in [1.165, 1.54) is 18.2 Å². The number of halogens is 1. The third kappa shape index (κ3) is 5.03. The number of carbonyl (C=O) groups excluding carboxylic acids is 1. The van der Waals surface area contributed by atoms with E-state index in [0.29, 0.717) is 5.56 Å². The molecule has 0 heterocycles. The molecular formula is C17H14FNO6. The van der Waals surface area contributed by atoms with Crippen molar-refractivity contribution in [1.82, 2.24) is 5.32 Å². The number of nitrogens with one attached hydrogen (secondary N) is 1. The maximum atomic E-state index is 13.3. The van der Waals surface area contributed by atoms with E-state index in [1.54, 1.807) is 12.1 Å². The lowest BCUT2D eigenvalue weighted by atomic mass is 10.1. The summed E-state index contributed by atoms with van der Waals surface area (Å²) in [4.78, 5) is 33.7. The second kappa shape index (κ2) is 7.91. The molecule has 0 aliphatic carbocycles. The Hall–Kier alpha value is -3.42. The molecule has 0 aliphatic heterocycles. The summed E-state index contributed by atoms with van der Waals surface area (Å²) < 4.78 is 18.2. The van der Waals surface area contributed by atoms with Gasteiger partial charge >= 0.3 is 11.9 Å². The van der Waals surface area contributed by atoms with E-state index in [4.69, 9.17) is 14.9 Å². The van der Waals surface area contributed by atoms with E-state index < -0.39 is 30.3 Å². The van der Waals surface area contributed by atoms with Crippen molar-refractivity contribution < 1.29 is 33.7 Å². The number of amides is 1. The predicted molar refractivity (Wildman–Crippen MR) is 84.1 cm³/mol. The number of aliphatic carboxylic acids is 1. The Kier molecular flexibility index (Phi) is 5.67. The Labute approximate surface area is 141 Å². The van der Waals surface area contributed by atoms with Gasteiger partial charge in [-0.05, 0) is 29.8 Å². The average Bonchev–Trinajstić information content (AvgIpc) is 2.58. The first-order valence-corrected chi connectivity index (χ1v) is 7.11. The summed E-state index contributed by atoms with van der Waals surface area (Å²) in [5.41, 5.74) is 0.611. The van der Waals surface area contributed by atoms with Crippen LogP contribution >= 0.6 is 0 Å². The van der Waals surface area contributed by atoms with Crippen LogP contribution in [0.5, 0.6) is 5.75 Å². The fraction of sp³-hybridized carbons (Fsp3) is 0.118. The van der Waals surface area contributed by atoms with Gasteiger partial charge in [-0.3, -0.25) is 4.79 Å². The summed E-state index contributed by atoms with van der Waals surface area (Å²) in [6.07, 6.45) is 0. The summed E-state index contributed by atoms with van der Waals surface area (Å²) in [6, 6.07) is 9.16. The Balaban J connectivity index is 2.11. The molecule has 8 heteroatoms. The average molecular weight is 347 g/mol. The van der Waals surface area contributed by atoms with E-state index >= 15 is 0 Å². The van der Waals surface area contributed by atoms with Crippen LogP contribution in [0.25, 0.3) is 0 Å².